The molecule has 4 heteroatoms. The molecule has 0 unspecified atom stereocenters. The molecule has 1 aromatic rings. The maximum absolute atomic E-state index is 8.86. The zero-order chi connectivity index (χ0) is 10.6. The molecule has 0 aliphatic carbocycles. The molecule has 0 saturated heterocycles. The third-order valence-corrected chi connectivity index (χ3v) is 3.99. The molecule has 0 aliphatic heterocycles. The molecule has 1 aromatic carbocycles. The summed E-state index contributed by atoms with van der Waals surface area (Å²) in [6.45, 7) is 0.372. The van der Waals surface area contributed by atoms with E-state index >= 15 is 0 Å². The molecule has 0 bridgehead atoms. The van der Waals surface area contributed by atoms with E-state index in [-0.39, 0.29) is 13.2 Å². The number of hydrogen-bond donors (Lipinski definition) is 2. The molecular formula is C10H12I2O2. The minimum Gasteiger partial charge on any atom is -0.396 e. The van der Waals surface area contributed by atoms with Gasteiger partial charge < -0.3 is 10.2 Å². The van der Waals surface area contributed by atoms with Crippen LogP contribution in [0.5, 0.6) is 0 Å². The van der Waals surface area contributed by atoms with Crippen LogP contribution in [0.2, 0.25) is 0 Å². The van der Waals surface area contributed by atoms with Crippen LogP contribution in [0.3, 0.4) is 0 Å². The van der Waals surface area contributed by atoms with Crippen LogP contribution >= 0.6 is 45.2 Å². The molecular weight excluding hydrogens is 406 g/mol. The fraction of sp³-hybridized carbons (Fsp3) is 0.400. The lowest BCUT2D eigenvalue weighted by atomic mass is 10.1. The van der Waals surface area contributed by atoms with Gasteiger partial charge in [-0.2, -0.15) is 0 Å². The average Bonchev–Trinajstić information content (AvgIpc) is 2.14. The molecule has 0 spiro atoms. The van der Waals surface area contributed by atoms with Crippen LogP contribution in [-0.2, 0) is 12.8 Å². The second-order valence-corrected chi connectivity index (χ2v) is 5.31. The first kappa shape index (κ1) is 12.7. The molecule has 78 valence electrons. The first-order valence-electron chi connectivity index (χ1n) is 4.37. The summed E-state index contributed by atoms with van der Waals surface area (Å²) in [5.74, 6) is 0. The van der Waals surface area contributed by atoms with E-state index in [9.17, 15) is 0 Å². The fourth-order valence-corrected chi connectivity index (χ4v) is 2.86. The SMILES string of the molecule is OCCc1cc(I)c(CCO)cc1I. The maximum atomic E-state index is 8.86. The Labute approximate surface area is 111 Å². The van der Waals surface area contributed by atoms with Gasteiger partial charge >= 0.3 is 0 Å². The van der Waals surface area contributed by atoms with Gasteiger partial charge in [0.1, 0.15) is 0 Å². The summed E-state index contributed by atoms with van der Waals surface area (Å²) < 4.78 is 2.33. The molecule has 0 heterocycles. The highest BCUT2D eigenvalue weighted by Crippen LogP contribution is 2.21. The lowest BCUT2D eigenvalue weighted by Crippen LogP contribution is -2.00. The van der Waals surface area contributed by atoms with E-state index < -0.39 is 0 Å². The Kier molecular flexibility index (Phi) is 5.65. The van der Waals surface area contributed by atoms with Gasteiger partial charge in [0.05, 0.1) is 0 Å². The number of halogens is 2. The molecule has 1 rings (SSSR count). The first-order valence-corrected chi connectivity index (χ1v) is 6.53. The monoisotopic (exact) mass is 418 g/mol. The van der Waals surface area contributed by atoms with Crippen LogP contribution in [0.25, 0.3) is 0 Å². The van der Waals surface area contributed by atoms with Gasteiger partial charge in [0.2, 0.25) is 0 Å². The Bertz CT molecular complexity index is 281. The van der Waals surface area contributed by atoms with E-state index in [1.54, 1.807) is 0 Å². The Morgan fingerprint density at radius 3 is 1.50 bits per heavy atom. The van der Waals surface area contributed by atoms with Crippen LogP contribution in [0, 0.1) is 7.14 Å². The summed E-state index contributed by atoms with van der Waals surface area (Å²) in [6, 6.07) is 4.17. The molecule has 2 N–H and O–H groups in total. The van der Waals surface area contributed by atoms with Gasteiger partial charge in [0, 0.05) is 20.4 Å². The first-order chi connectivity index (χ1) is 6.69. The second kappa shape index (κ2) is 6.24. The predicted molar refractivity (Wildman–Crippen MR) is 73.5 cm³/mol. The summed E-state index contributed by atoms with van der Waals surface area (Å²) in [5.41, 5.74) is 2.36. The van der Waals surface area contributed by atoms with E-state index in [0.717, 1.165) is 0 Å². The number of aliphatic hydroxyl groups excluding tert-OH is 2. The Morgan fingerprint density at radius 2 is 1.21 bits per heavy atom. The fourth-order valence-electron chi connectivity index (χ4n) is 1.25. The number of benzene rings is 1. The normalized spacial score (nSPS) is 10.6. The topological polar surface area (TPSA) is 40.5 Å². The third kappa shape index (κ3) is 3.32. The molecule has 0 radical (unpaired) electrons. The summed E-state index contributed by atoms with van der Waals surface area (Å²) in [7, 11) is 0. The van der Waals surface area contributed by atoms with Gasteiger partial charge in [-0.3, -0.25) is 0 Å². The van der Waals surface area contributed by atoms with Crippen molar-refractivity contribution in [1.82, 2.24) is 0 Å². The van der Waals surface area contributed by atoms with Gasteiger partial charge in [0.15, 0.2) is 0 Å². The van der Waals surface area contributed by atoms with Crippen molar-refractivity contribution >= 4 is 45.2 Å². The molecule has 0 aromatic heterocycles. The smallest absolute Gasteiger partial charge is 0.0471 e. The minimum atomic E-state index is 0.186. The zero-order valence-electron chi connectivity index (χ0n) is 7.63. The van der Waals surface area contributed by atoms with Crippen LogP contribution in [0.4, 0.5) is 0 Å². The highest BCUT2D eigenvalue weighted by atomic mass is 127. The van der Waals surface area contributed by atoms with E-state index in [1.165, 1.54) is 18.3 Å². The number of aliphatic hydroxyl groups is 2. The van der Waals surface area contributed by atoms with E-state index in [0.29, 0.717) is 12.8 Å². The van der Waals surface area contributed by atoms with Crippen molar-refractivity contribution in [2.75, 3.05) is 13.2 Å². The van der Waals surface area contributed by atoms with Gasteiger partial charge in [-0.15, -0.1) is 0 Å². The molecule has 2 nitrogen and oxygen atoms in total. The largest absolute Gasteiger partial charge is 0.396 e. The molecule has 0 aliphatic rings. The zero-order valence-corrected chi connectivity index (χ0v) is 11.9. The molecule has 14 heavy (non-hydrogen) atoms. The molecule has 0 atom stereocenters. The van der Waals surface area contributed by atoms with Crippen molar-refractivity contribution in [3.8, 4) is 0 Å². The minimum absolute atomic E-state index is 0.186. The average molecular weight is 418 g/mol. The van der Waals surface area contributed by atoms with Crippen molar-refractivity contribution in [3.63, 3.8) is 0 Å². The Hall–Kier alpha value is 0.600. The van der Waals surface area contributed by atoms with Crippen LogP contribution in [0.1, 0.15) is 11.1 Å². The van der Waals surface area contributed by atoms with Gasteiger partial charge in [0.25, 0.3) is 0 Å². The summed E-state index contributed by atoms with van der Waals surface area (Å²) >= 11 is 4.54. The van der Waals surface area contributed by atoms with Crippen LogP contribution in [0.15, 0.2) is 12.1 Å². The number of hydrogen-bond acceptors (Lipinski definition) is 2. The van der Waals surface area contributed by atoms with Crippen molar-refractivity contribution in [2.45, 2.75) is 12.8 Å². The Balaban J connectivity index is 2.97. The van der Waals surface area contributed by atoms with Gasteiger partial charge in [-0.05, 0) is 81.3 Å². The van der Waals surface area contributed by atoms with E-state index in [2.05, 4.69) is 57.3 Å². The summed E-state index contributed by atoms with van der Waals surface area (Å²) in [5, 5.41) is 17.7. The highest BCUT2D eigenvalue weighted by Gasteiger charge is 2.05. The third-order valence-electron chi connectivity index (χ3n) is 1.98. The van der Waals surface area contributed by atoms with Crippen molar-refractivity contribution in [1.29, 1.82) is 0 Å². The van der Waals surface area contributed by atoms with Crippen molar-refractivity contribution in [3.05, 3.63) is 30.4 Å². The van der Waals surface area contributed by atoms with E-state index in [4.69, 9.17) is 10.2 Å². The lowest BCUT2D eigenvalue weighted by Gasteiger charge is -2.08. The molecule has 0 fully saturated rings. The predicted octanol–water partition coefficient (Wildman–Crippen LogP) is 1.97. The van der Waals surface area contributed by atoms with E-state index in [1.807, 2.05) is 0 Å². The summed E-state index contributed by atoms with van der Waals surface area (Å²) in [6.07, 6.45) is 1.40. The Morgan fingerprint density at radius 1 is 0.857 bits per heavy atom. The maximum Gasteiger partial charge on any atom is 0.0471 e. The summed E-state index contributed by atoms with van der Waals surface area (Å²) in [4.78, 5) is 0. The quantitative estimate of drug-likeness (QED) is 0.735. The van der Waals surface area contributed by atoms with Crippen LogP contribution in [-0.4, -0.2) is 23.4 Å². The number of rotatable bonds is 4. The highest BCUT2D eigenvalue weighted by molar-refractivity contribution is 14.1. The van der Waals surface area contributed by atoms with Gasteiger partial charge in [-0.1, -0.05) is 0 Å². The van der Waals surface area contributed by atoms with Crippen LogP contribution < -0.4 is 0 Å². The lowest BCUT2D eigenvalue weighted by molar-refractivity contribution is 0.298. The standard InChI is InChI=1S/C10H12I2O2/c11-9-6-8(2-4-14)10(12)5-7(9)1-3-13/h5-6,13-14H,1-4H2. The van der Waals surface area contributed by atoms with Gasteiger partial charge in [-0.25, -0.2) is 0 Å². The second-order valence-electron chi connectivity index (χ2n) is 2.98. The van der Waals surface area contributed by atoms with Crippen molar-refractivity contribution < 1.29 is 10.2 Å². The molecule has 0 amide bonds. The molecule has 0 saturated carbocycles. The van der Waals surface area contributed by atoms with Crippen molar-refractivity contribution in [2.24, 2.45) is 0 Å².